The average molecular weight is 541 g/mol. The maximum atomic E-state index is 14.0. The lowest BCUT2D eigenvalue weighted by Crippen LogP contribution is -2.53. The van der Waals surface area contributed by atoms with Crippen molar-refractivity contribution in [2.45, 2.75) is 78.0 Å². The number of amides is 4. The van der Waals surface area contributed by atoms with Gasteiger partial charge in [-0.3, -0.25) is 14.4 Å². The number of phenols is 1. The number of unbranched alkanes of at least 4 members (excludes halogenated alkanes) is 2. The van der Waals surface area contributed by atoms with Gasteiger partial charge in [0.15, 0.2) is 0 Å². The van der Waals surface area contributed by atoms with Gasteiger partial charge in [-0.2, -0.15) is 0 Å². The van der Waals surface area contributed by atoms with Crippen LogP contribution >= 0.6 is 0 Å². The molecule has 5 N–H and O–H groups in total. The van der Waals surface area contributed by atoms with E-state index < -0.39 is 47.9 Å². The van der Waals surface area contributed by atoms with Crippen LogP contribution < -0.4 is 16.4 Å². The fourth-order valence-electron chi connectivity index (χ4n) is 4.03. The highest BCUT2D eigenvalue weighted by molar-refractivity contribution is 6.00. The summed E-state index contributed by atoms with van der Waals surface area (Å²) in [7, 11) is 0. The predicted octanol–water partition coefficient (Wildman–Crippen LogP) is 4.17. The molecule has 0 spiro atoms. The van der Waals surface area contributed by atoms with Crippen molar-refractivity contribution >= 4 is 29.5 Å². The Hall–Kier alpha value is -4.08. The van der Waals surface area contributed by atoms with Gasteiger partial charge in [-0.15, -0.1) is 0 Å². The number of anilines is 1. The van der Waals surface area contributed by atoms with E-state index in [1.54, 1.807) is 51.1 Å². The fraction of sp³-hybridized carbons (Fsp3) is 0.448. The maximum absolute atomic E-state index is 14.0. The van der Waals surface area contributed by atoms with Crippen LogP contribution in [0.2, 0.25) is 0 Å². The highest BCUT2D eigenvalue weighted by Crippen LogP contribution is 2.31. The molecule has 0 radical (unpaired) electrons. The number of aromatic hydroxyl groups is 1. The monoisotopic (exact) mass is 540 g/mol. The molecule has 212 valence electrons. The summed E-state index contributed by atoms with van der Waals surface area (Å²) in [5, 5.41) is 16.0. The Kier molecular flexibility index (Phi) is 11.3. The Bertz CT molecular complexity index is 1160. The van der Waals surface area contributed by atoms with Crippen LogP contribution in [0, 0.1) is 6.92 Å². The quantitative estimate of drug-likeness (QED) is 0.297. The van der Waals surface area contributed by atoms with Gasteiger partial charge >= 0.3 is 6.09 Å². The van der Waals surface area contributed by atoms with Gasteiger partial charge in [0.25, 0.3) is 5.91 Å². The van der Waals surface area contributed by atoms with Gasteiger partial charge in [0.05, 0.1) is 6.42 Å². The lowest BCUT2D eigenvalue weighted by molar-refractivity contribution is -0.142. The number of phenolic OH excluding ortho intramolecular Hbond substituents is 1. The molecule has 0 aliphatic heterocycles. The van der Waals surface area contributed by atoms with Crippen LogP contribution in [0.5, 0.6) is 5.75 Å². The Morgan fingerprint density at radius 3 is 2.26 bits per heavy atom. The molecule has 39 heavy (non-hydrogen) atoms. The molecule has 0 saturated heterocycles. The molecule has 10 nitrogen and oxygen atoms in total. The number of nitrogens with one attached hydrogen (secondary N) is 2. The summed E-state index contributed by atoms with van der Waals surface area (Å²) in [6, 6.07) is 10.8. The first kappa shape index (κ1) is 31.1. The van der Waals surface area contributed by atoms with E-state index in [1.165, 1.54) is 11.0 Å². The van der Waals surface area contributed by atoms with Gasteiger partial charge in [-0.05, 0) is 51.8 Å². The van der Waals surface area contributed by atoms with Gasteiger partial charge in [0.2, 0.25) is 11.8 Å². The summed E-state index contributed by atoms with van der Waals surface area (Å²) in [5.41, 5.74) is 6.13. The number of aryl methyl sites for hydroxylation is 1. The van der Waals surface area contributed by atoms with E-state index in [0.29, 0.717) is 12.1 Å². The number of carbonyl (C=O) groups excluding carboxylic acids is 4. The number of benzene rings is 2. The third kappa shape index (κ3) is 9.63. The number of hydrogen-bond acceptors (Lipinski definition) is 6. The third-order valence-electron chi connectivity index (χ3n) is 5.87. The third-order valence-corrected chi connectivity index (χ3v) is 5.87. The normalized spacial score (nSPS) is 12.6. The van der Waals surface area contributed by atoms with E-state index in [9.17, 15) is 24.3 Å². The topological polar surface area (TPSA) is 151 Å². The number of nitrogens with two attached hydrogens (primary N) is 1. The van der Waals surface area contributed by atoms with Crippen molar-refractivity contribution < 1.29 is 29.0 Å². The van der Waals surface area contributed by atoms with Gasteiger partial charge in [0.1, 0.15) is 23.4 Å². The first-order valence-electron chi connectivity index (χ1n) is 13.1. The van der Waals surface area contributed by atoms with E-state index in [4.69, 9.17) is 10.5 Å². The average Bonchev–Trinajstić information content (AvgIpc) is 2.83. The number of nitrogens with zero attached hydrogens (tertiary/aromatic N) is 1. The van der Waals surface area contributed by atoms with Crippen molar-refractivity contribution in [2.75, 3.05) is 11.9 Å². The summed E-state index contributed by atoms with van der Waals surface area (Å²) in [6.07, 6.45) is 0.740. The largest absolute Gasteiger partial charge is 0.508 e. The molecule has 10 heteroatoms. The van der Waals surface area contributed by atoms with Crippen molar-refractivity contribution in [1.29, 1.82) is 0 Å². The number of hydrogen-bond donors (Lipinski definition) is 4. The zero-order valence-corrected chi connectivity index (χ0v) is 23.3. The predicted molar refractivity (Wildman–Crippen MR) is 149 cm³/mol. The molecule has 4 amide bonds. The van der Waals surface area contributed by atoms with Crippen molar-refractivity contribution in [3.8, 4) is 5.75 Å². The van der Waals surface area contributed by atoms with E-state index in [1.807, 2.05) is 26.0 Å². The van der Waals surface area contributed by atoms with Crippen LogP contribution in [-0.2, 0) is 19.1 Å². The summed E-state index contributed by atoms with van der Waals surface area (Å²) in [6.45, 7) is 8.95. The molecule has 0 bridgehead atoms. The Balaban J connectivity index is 2.56. The summed E-state index contributed by atoms with van der Waals surface area (Å²) < 4.78 is 5.29. The van der Waals surface area contributed by atoms with Gasteiger partial charge in [-0.1, -0.05) is 56.2 Å². The number of para-hydroxylation sites is 2. The van der Waals surface area contributed by atoms with E-state index in [0.717, 1.165) is 18.4 Å². The molecule has 0 aliphatic carbocycles. The number of ether oxygens (including phenoxy) is 1. The van der Waals surface area contributed by atoms with Crippen molar-refractivity contribution in [3.05, 3.63) is 59.7 Å². The first-order chi connectivity index (χ1) is 18.3. The number of alkyl carbamates (subject to hydrolysis) is 1. The zero-order valence-electron chi connectivity index (χ0n) is 23.3. The molecular weight excluding hydrogens is 500 g/mol. The van der Waals surface area contributed by atoms with Crippen LogP contribution in [-0.4, -0.2) is 52.0 Å². The fourth-order valence-corrected chi connectivity index (χ4v) is 4.03. The lowest BCUT2D eigenvalue weighted by atomic mass is 10.00. The van der Waals surface area contributed by atoms with Crippen LogP contribution in [0.15, 0.2) is 48.5 Å². The minimum absolute atomic E-state index is 0.123. The molecule has 2 aromatic rings. The Morgan fingerprint density at radius 1 is 1.03 bits per heavy atom. The Morgan fingerprint density at radius 2 is 1.67 bits per heavy atom. The summed E-state index contributed by atoms with van der Waals surface area (Å²) in [5.74, 6) is -2.27. The SMILES string of the molecule is CCCCCN(C(=O)C(CC(N)=O)NC(=O)OC(C)(C)C)C(C(=O)Nc1ccccc1C)c1ccccc1O. The molecule has 0 aromatic heterocycles. The summed E-state index contributed by atoms with van der Waals surface area (Å²) >= 11 is 0. The van der Waals surface area contributed by atoms with Crippen LogP contribution in [0.3, 0.4) is 0 Å². The second kappa shape index (κ2) is 14.2. The van der Waals surface area contributed by atoms with E-state index in [2.05, 4.69) is 10.6 Å². The number of rotatable bonds is 12. The molecule has 2 unspecified atom stereocenters. The van der Waals surface area contributed by atoms with Gasteiger partial charge in [0, 0.05) is 17.8 Å². The number of carbonyl (C=O) groups is 4. The number of primary amides is 1. The second-order valence-electron chi connectivity index (χ2n) is 10.4. The Labute approximate surface area is 229 Å². The highest BCUT2D eigenvalue weighted by atomic mass is 16.6. The minimum atomic E-state index is -1.39. The highest BCUT2D eigenvalue weighted by Gasteiger charge is 2.38. The van der Waals surface area contributed by atoms with Crippen molar-refractivity contribution in [2.24, 2.45) is 5.73 Å². The second-order valence-corrected chi connectivity index (χ2v) is 10.4. The lowest BCUT2D eigenvalue weighted by Gasteiger charge is -2.34. The first-order valence-corrected chi connectivity index (χ1v) is 13.1. The summed E-state index contributed by atoms with van der Waals surface area (Å²) in [4.78, 5) is 53.6. The van der Waals surface area contributed by atoms with Crippen LogP contribution in [0.4, 0.5) is 10.5 Å². The van der Waals surface area contributed by atoms with Crippen molar-refractivity contribution in [1.82, 2.24) is 10.2 Å². The molecule has 0 aliphatic rings. The van der Waals surface area contributed by atoms with Gasteiger partial charge in [-0.25, -0.2) is 4.79 Å². The smallest absolute Gasteiger partial charge is 0.408 e. The molecule has 0 fully saturated rings. The minimum Gasteiger partial charge on any atom is -0.508 e. The molecule has 2 rings (SSSR count). The molecule has 0 heterocycles. The molecule has 0 saturated carbocycles. The van der Waals surface area contributed by atoms with Crippen molar-refractivity contribution in [3.63, 3.8) is 0 Å². The zero-order chi connectivity index (χ0) is 29.2. The standard InChI is InChI=1S/C29H40N4O6/c1-6-7-12-17-33(27(37)22(18-24(30)35)32-28(38)39-29(3,4)5)25(20-14-9-11-16-23(20)34)26(36)31-21-15-10-8-13-19(21)2/h8-11,13-16,22,25,34H,6-7,12,17-18H2,1-5H3,(H2,30,35)(H,31,36)(H,32,38). The maximum Gasteiger partial charge on any atom is 0.408 e. The van der Waals surface area contributed by atoms with E-state index in [-0.39, 0.29) is 17.9 Å². The van der Waals surface area contributed by atoms with Crippen LogP contribution in [0.25, 0.3) is 0 Å². The van der Waals surface area contributed by atoms with E-state index >= 15 is 0 Å². The molecule has 2 atom stereocenters. The van der Waals surface area contributed by atoms with Crippen LogP contribution in [0.1, 0.15) is 70.5 Å². The van der Waals surface area contributed by atoms with Gasteiger partial charge < -0.3 is 31.1 Å². The molecular formula is C29H40N4O6. The molecule has 2 aromatic carbocycles.